The third kappa shape index (κ3) is 1.82. The van der Waals surface area contributed by atoms with Crippen LogP contribution in [-0.2, 0) is 11.3 Å². The summed E-state index contributed by atoms with van der Waals surface area (Å²) in [5.74, 6) is 0. The Morgan fingerprint density at radius 2 is 2.50 bits per heavy atom. The van der Waals surface area contributed by atoms with Crippen molar-refractivity contribution in [3.8, 4) is 0 Å². The van der Waals surface area contributed by atoms with Crippen molar-refractivity contribution < 1.29 is 4.74 Å². The summed E-state index contributed by atoms with van der Waals surface area (Å²) in [6.07, 6.45) is 7.27. The fourth-order valence-electron chi connectivity index (χ4n) is 1.49. The molecule has 1 aliphatic heterocycles. The van der Waals surface area contributed by atoms with Gasteiger partial charge in [-0.2, -0.15) is 5.10 Å². The van der Waals surface area contributed by atoms with Gasteiger partial charge < -0.3 is 4.74 Å². The molecule has 1 atom stereocenters. The van der Waals surface area contributed by atoms with Gasteiger partial charge in [-0.25, -0.2) is 4.98 Å². The molecule has 1 aromatic rings. The molecular weight excluding hydrogens is 154 g/mol. The number of ether oxygens (including phenoxy) is 1. The van der Waals surface area contributed by atoms with Gasteiger partial charge in [0.25, 0.3) is 0 Å². The first kappa shape index (κ1) is 7.73. The summed E-state index contributed by atoms with van der Waals surface area (Å²) >= 11 is 0. The molecule has 1 fully saturated rings. The van der Waals surface area contributed by atoms with Gasteiger partial charge in [0.05, 0.1) is 12.6 Å². The highest BCUT2D eigenvalue weighted by molar-refractivity contribution is 4.65. The molecule has 0 radical (unpaired) electrons. The van der Waals surface area contributed by atoms with Crippen LogP contribution in [0.5, 0.6) is 0 Å². The first-order valence-electron chi connectivity index (χ1n) is 4.39. The normalized spacial score (nSPS) is 24.2. The molecule has 2 heterocycles. The van der Waals surface area contributed by atoms with Crippen LogP contribution >= 0.6 is 0 Å². The minimum atomic E-state index is 0.348. The molecule has 0 N–H and O–H groups in total. The van der Waals surface area contributed by atoms with E-state index in [0.29, 0.717) is 6.10 Å². The largest absolute Gasteiger partial charge is 0.376 e. The molecule has 0 aliphatic carbocycles. The van der Waals surface area contributed by atoms with Crippen LogP contribution in [0.3, 0.4) is 0 Å². The van der Waals surface area contributed by atoms with E-state index in [2.05, 4.69) is 10.1 Å². The second-order valence-electron chi connectivity index (χ2n) is 3.11. The molecule has 2 rings (SSSR count). The smallest absolute Gasteiger partial charge is 0.137 e. The first-order valence-corrected chi connectivity index (χ1v) is 4.39. The van der Waals surface area contributed by atoms with Crippen LogP contribution in [0.4, 0.5) is 0 Å². The van der Waals surface area contributed by atoms with Gasteiger partial charge in [-0.15, -0.1) is 0 Å². The molecular formula is C8H13N3O. The molecule has 1 aliphatic rings. The Bertz CT molecular complexity index is 216. The van der Waals surface area contributed by atoms with E-state index in [-0.39, 0.29) is 0 Å². The third-order valence-corrected chi connectivity index (χ3v) is 2.13. The number of aromatic nitrogens is 3. The van der Waals surface area contributed by atoms with Crippen molar-refractivity contribution in [2.75, 3.05) is 6.61 Å². The molecule has 1 aromatic heterocycles. The molecule has 12 heavy (non-hydrogen) atoms. The second kappa shape index (κ2) is 3.67. The zero-order valence-electron chi connectivity index (χ0n) is 7.02. The Labute approximate surface area is 71.6 Å². The van der Waals surface area contributed by atoms with Crippen LogP contribution in [0.15, 0.2) is 12.7 Å². The summed E-state index contributed by atoms with van der Waals surface area (Å²) in [6.45, 7) is 1.75. The zero-order chi connectivity index (χ0) is 8.23. The molecule has 0 amide bonds. The van der Waals surface area contributed by atoms with E-state index in [0.717, 1.165) is 19.6 Å². The lowest BCUT2D eigenvalue weighted by atomic mass is 10.1. The lowest BCUT2D eigenvalue weighted by Gasteiger charge is -2.21. The minimum Gasteiger partial charge on any atom is -0.376 e. The van der Waals surface area contributed by atoms with E-state index < -0.39 is 0 Å². The summed E-state index contributed by atoms with van der Waals surface area (Å²) in [5.41, 5.74) is 0. The van der Waals surface area contributed by atoms with Gasteiger partial charge in [0.2, 0.25) is 0 Å². The SMILES string of the molecule is c1ncn(CC2CCCCO2)n1. The van der Waals surface area contributed by atoms with Gasteiger partial charge in [0.15, 0.2) is 0 Å². The molecule has 4 heteroatoms. The van der Waals surface area contributed by atoms with Crippen molar-refractivity contribution in [3.05, 3.63) is 12.7 Å². The summed E-state index contributed by atoms with van der Waals surface area (Å²) < 4.78 is 7.39. The van der Waals surface area contributed by atoms with Crippen molar-refractivity contribution in [1.82, 2.24) is 14.8 Å². The molecule has 1 unspecified atom stereocenters. The predicted octanol–water partition coefficient (Wildman–Crippen LogP) is 0.847. The van der Waals surface area contributed by atoms with Gasteiger partial charge >= 0.3 is 0 Å². The van der Waals surface area contributed by atoms with Gasteiger partial charge in [0.1, 0.15) is 12.7 Å². The fourth-order valence-corrected chi connectivity index (χ4v) is 1.49. The molecule has 0 bridgehead atoms. The van der Waals surface area contributed by atoms with E-state index in [9.17, 15) is 0 Å². The lowest BCUT2D eigenvalue weighted by molar-refractivity contribution is 0.00393. The topological polar surface area (TPSA) is 39.9 Å². The van der Waals surface area contributed by atoms with Crippen LogP contribution in [0.25, 0.3) is 0 Å². The van der Waals surface area contributed by atoms with Crippen molar-refractivity contribution >= 4 is 0 Å². The summed E-state index contributed by atoms with van der Waals surface area (Å²) in [5, 5.41) is 4.04. The molecule has 0 aromatic carbocycles. The highest BCUT2D eigenvalue weighted by atomic mass is 16.5. The summed E-state index contributed by atoms with van der Waals surface area (Å²) in [4.78, 5) is 3.88. The number of hydrogen-bond acceptors (Lipinski definition) is 3. The van der Waals surface area contributed by atoms with Crippen molar-refractivity contribution in [1.29, 1.82) is 0 Å². The van der Waals surface area contributed by atoms with Gasteiger partial charge in [-0.1, -0.05) is 0 Å². The van der Waals surface area contributed by atoms with Gasteiger partial charge in [-0.3, -0.25) is 4.68 Å². The molecule has 0 saturated carbocycles. The highest BCUT2D eigenvalue weighted by Gasteiger charge is 2.13. The Kier molecular flexibility index (Phi) is 2.36. The van der Waals surface area contributed by atoms with E-state index in [1.54, 1.807) is 12.7 Å². The maximum absolute atomic E-state index is 5.56. The number of nitrogens with zero attached hydrogens (tertiary/aromatic N) is 3. The first-order chi connectivity index (χ1) is 5.95. The Hall–Kier alpha value is -0.900. The average molecular weight is 167 g/mol. The highest BCUT2D eigenvalue weighted by Crippen LogP contribution is 2.13. The van der Waals surface area contributed by atoms with Gasteiger partial charge in [0, 0.05) is 6.61 Å². The molecule has 0 spiro atoms. The molecule has 4 nitrogen and oxygen atoms in total. The van der Waals surface area contributed by atoms with E-state index in [1.807, 2.05) is 4.68 Å². The van der Waals surface area contributed by atoms with E-state index in [4.69, 9.17) is 4.74 Å². The Morgan fingerprint density at radius 3 is 3.17 bits per heavy atom. The maximum atomic E-state index is 5.56. The Balaban J connectivity index is 1.86. The van der Waals surface area contributed by atoms with Crippen LogP contribution < -0.4 is 0 Å². The van der Waals surface area contributed by atoms with E-state index >= 15 is 0 Å². The molecule has 66 valence electrons. The number of hydrogen-bond donors (Lipinski definition) is 0. The third-order valence-electron chi connectivity index (χ3n) is 2.13. The van der Waals surface area contributed by atoms with Crippen molar-refractivity contribution in [2.45, 2.75) is 31.9 Å². The quantitative estimate of drug-likeness (QED) is 0.655. The maximum Gasteiger partial charge on any atom is 0.137 e. The predicted molar refractivity (Wildman–Crippen MR) is 43.6 cm³/mol. The fraction of sp³-hybridized carbons (Fsp3) is 0.750. The molecule has 1 saturated heterocycles. The van der Waals surface area contributed by atoms with Crippen molar-refractivity contribution in [2.24, 2.45) is 0 Å². The van der Waals surface area contributed by atoms with Crippen LogP contribution in [0.1, 0.15) is 19.3 Å². The summed E-state index contributed by atoms with van der Waals surface area (Å²) in [6, 6.07) is 0. The minimum absolute atomic E-state index is 0.348. The summed E-state index contributed by atoms with van der Waals surface area (Å²) in [7, 11) is 0. The van der Waals surface area contributed by atoms with E-state index in [1.165, 1.54) is 12.8 Å². The monoisotopic (exact) mass is 167 g/mol. The van der Waals surface area contributed by atoms with Crippen LogP contribution in [0, 0.1) is 0 Å². The Morgan fingerprint density at radius 1 is 1.50 bits per heavy atom. The van der Waals surface area contributed by atoms with Crippen molar-refractivity contribution in [3.63, 3.8) is 0 Å². The zero-order valence-corrected chi connectivity index (χ0v) is 7.02. The van der Waals surface area contributed by atoms with Gasteiger partial charge in [-0.05, 0) is 19.3 Å². The number of rotatable bonds is 2. The van der Waals surface area contributed by atoms with Crippen LogP contribution in [-0.4, -0.2) is 27.5 Å². The standard InChI is InChI=1S/C8H13N3O/c1-2-4-12-8(3-1)5-11-7-9-6-10-11/h6-8H,1-5H2. The second-order valence-corrected chi connectivity index (χ2v) is 3.11. The lowest BCUT2D eigenvalue weighted by Crippen LogP contribution is -2.24. The average Bonchev–Trinajstić information content (AvgIpc) is 2.59. The van der Waals surface area contributed by atoms with Crippen LogP contribution in [0.2, 0.25) is 0 Å².